The number of thiol groups is 1. The maximum Gasteiger partial charge on any atom is 0.357 e. The molecule has 0 unspecified atom stereocenters. The van der Waals surface area contributed by atoms with Crippen LogP contribution < -0.4 is 21.2 Å². The van der Waals surface area contributed by atoms with Crippen LogP contribution in [-0.4, -0.2) is 6.26 Å². The largest absolute Gasteiger partial charge is 0.357 e. The highest BCUT2D eigenvalue weighted by molar-refractivity contribution is 7.79. The van der Waals surface area contributed by atoms with Crippen LogP contribution >= 0.6 is 12.6 Å². The molecule has 0 amide bonds. The number of hydrogen-bond acceptors (Lipinski definition) is 1. The Labute approximate surface area is 107 Å². The number of halogens is 1. The first-order valence-corrected chi connectivity index (χ1v) is 7.70. The van der Waals surface area contributed by atoms with Crippen LogP contribution in [0.3, 0.4) is 0 Å². The van der Waals surface area contributed by atoms with Crippen LogP contribution in [0.1, 0.15) is 0 Å². The molecular weight excluding hydrogens is 315 g/mol. The molecule has 0 saturated carbocycles. The zero-order valence-corrected chi connectivity index (χ0v) is 11.7. The molecule has 2 heteroatoms. The van der Waals surface area contributed by atoms with E-state index in [4.69, 9.17) is 0 Å². The monoisotopic (exact) mass is 329 g/mol. The van der Waals surface area contributed by atoms with Gasteiger partial charge in [-0.3, -0.25) is 0 Å². The van der Waals surface area contributed by atoms with Crippen LogP contribution in [0.15, 0.2) is 60.7 Å². The number of hydrogen-bond donors (Lipinski definition) is 1. The summed E-state index contributed by atoms with van der Waals surface area (Å²) >= 11 is 3.56. The summed E-state index contributed by atoms with van der Waals surface area (Å²) in [5.41, 5.74) is 0. The van der Waals surface area contributed by atoms with Crippen LogP contribution in [-0.2, 0) is 0 Å². The fraction of sp³-hybridized carbons (Fsp3) is 0.0769. The quantitative estimate of drug-likeness (QED) is 0.597. The molecule has 0 bridgehead atoms. The van der Waals surface area contributed by atoms with Crippen LogP contribution in [0.2, 0.25) is 0 Å². The van der Waals surface area contributed by atoms with E-state index in [9.17, 15) is 0 Å². The molecule has 15 heavy (non-hydrogen) atoms. The van der Waals surface area contributed by atoms with E-state index in [1.165, 1.54) is 7.14 Å². The van der Waals surface area contributed by atoms with Gasteiger partial charge in [0.25, 0.3) is 0 Å². The summed E-state index contributed by atoms with van der Waals surface area (Å²) in [7, 11) is 0. The van der Waals surface area contributed by atoms with Crippen LogP contribution in [0, 0.1) is 7.14 Å². The highest BCUT2D eigenvalue weighted by Gasteiger charge is 2.12. The normalized spacial score (nSPS) is 8.93. The van der Waals surface area contributed by atoms with E-state index in [1.807, 2.05) is 0 Å². The van der Waals surface area contributed by atoms with Gasteiger partial charge in [-0.25, -0.2) is 0 Å². The van der Waals surface area contributed by atoms with Gasteiger partial charge in [0, 0.05) is 0 Å². The van der Waals surface area contributed by atoms with Gasteiger partial charge in [-0.05, 0) is 30.5 Å². The van der Waals surface area contributed by atoms with Crippen molar-refractivity contribution in [1.29, 1.82) is 0 Å². The number of benzene rings is 2. The molecule has 0 radical (unpaired) electrons. The minimum absolute atomic E-state index is 0.0287. The van der Waals surface area contributed by atoms with Crippen molar-refractivity contribution in [2.45, 2.75) is 0 Å². The molecule has 2 aromatic carbocycles. The number of rotatable bonds is 2. The lowest BCUT2D eigenvalue weighted by atomic mass is 10.4. The SMILES string of the molecule is CS.c1ccc([I+]c2ccccc2)cc1. The molecule has 0 atom stereocenters. The second-order valence-electron chi connectivity index (χ2n) is 2.69. The first-order valence-electron chi connectivity index (χ1n) is 4.65. The fourth-order valence-corrected chi connectivity index (χ4v) is 3.35. The summed E-state index contributed by atoms with van der Waals surface area (Å²) in [5, 5.41) is 0. The molecule has 78 valence electrons. The molecule has 0 N–H and O–H groups in total. The fourth-order valence-electron chi connectivity index (χ4n) is 1.08. The lowest BCUT2D eigenvalue weighted by Gasteiger charge is -1.84. The van der Waals surface area contributed by atoms with Gasteiger partial charge in [0.1, 0.15) is 0 Å². The Kier molecular flexibility index (Phi) is 6.52. The molecule has 0 aliphatic rings. The van der Waals surface area contributed by atoms with Crippen LogP contribution in [0.5, 0.6) is 0 Å². The molecule has 0 saturated heterocycles. The second kappa shape index (κ2) is 7.77. The minimum atomic E-state index is 0.0287. The smallest absolute Gasteiger partial charge is 0.183 e. The average molecular weight is 329 g/mol. The summed E-state index contributed by atoms with van der Waals surface area (Å²) in [6, 6.07) is 21.4. The van der Waals surface area contributed by atoms with Crippen molar-refractivity contribution >= 4 is 12.6 Å². The summed E-state index contributed by atoms with van der Waals surface area (Å²) in [6.45, 7) is 0. The zero-order valence-electron chi connectivity index (χ0n) is 8.60. The van der Waals surface area contributed by atoms with E-state index in [1.54, 1.807) is 6.26 Å². The minimum Gasteiger partial charge on any atom is -0.183 e. The van der Waals surface area contributed by atoms with E-state index < -0.39 is 0 Å². The van der Waals surface area contributed by atoms with E-state index in [0.29, 0.717) is 0 Å². The van der Waals surface area contributed by atoms with Crippen molar-refractivity contribution in [1.82, 2.24) is 0 Å². The van der Waals surface area contributed by atoms with Crippen molar-refractivity contribution in [2.75, 3.05) is 6.26 Å². The Morgan fingerprint density at radius 3 is 1.33 bits per heavy atom. The van der Waals surface area contributed by atoms with Crippen molar-refractivity contribution < 1.29 is 21.2 Å². The van der Waals surface area contributed by atoms with Gasteiger partial charge in [0.2, 0.25) is 0 Å². The van der Waals surface area contributed by atoms with Gasteiger partial charge < -0.3 is 0 Å². The first-order chi connectivity index (χ1) is 7.45. The maximum absolute atomic E-state index is 3.53. The van der Waals surface area contributed by atoms with Gasteiger partial charge in [0.05, 0.1) is 0 Å². The van der Waals surface area contributed by atoms with Crippen molar-refractivity contribution in [3.05, 3.63) is 67.8 Å². The van der Waals surface area contributed by atoms with Crippen molar-refractivity contribution in [3.8, 4) is 0 Å². The molecule has 2 aromatic rings. The second-order valence-corrected chi connectivity index (χ2v) is 5.72. The summed E-state index contributed by atoms with van der Waals surface area (Å²) in [4.78, 5) is 0. The average Bonchev–Trinajstić information content (AvgIpc) is 2.34. The third kappa shape index (κ3) is 4.71. The highest BCUT2D eigenvalue weighted by atomic mass is 127. The van der Waals surface area contributed by atoms with Crippen LogP contribution in [0.4, 0.5) is 0 Å². The van der Waals surface area contributed by atoms with E-state index in [2.05, 4.69) is 73.3 Å². The van der Waals surface area contributed by atoms with Gasteiger partial charge >= 0.3 is 21.2 Å². The van der Waals surface area contributed by atoms with Gasteiger partial charge in [-0.15, -0.1) is 0 Å². The molecule has 0 heterocycles. The van der Waals surface area contributed by atoms with Crippen molar-refractivity contribution in [3.63, 3.8) is 0 Å². The highest BCUT2D eigenvalue weighted by Crippen LogP contribution is 1.85. The lowest BCUT2D eigenvalue weighted by molar-refractivity contribution is -0.597. The maximum atomic E-state index is 3.53. The Morgan fingerprint density at radius 1 is 0.667 bits per heavy atom. The molecular formula is C13H14IS+. The molecule has 0 aliphatic heterocycles. The Hall–Kier alpha value is -0.480. The van der Waals surface area contributed by atoms with E-state index in [0.717, 1.165) is 0 Å². The van der Waals surface area contributed by atoms with E-state index in [-0.39, 0.29) is 21.2 Å². The molecule has 0 fully saturated rings. The molecule has 0 aromatic heterocycles. The van der Waals surface area contributed by atoms with Gasteiger partial charge in [0.15, 0.2) is 7.14 Å². The summed E-state index contributed by atoms with van der Waals surface area (Å²) in [6.07, 6.45) is 1.69. The molecule has 0 nitrogen and oxygen atoms in total. The zero-order chi connectivity index (χ0) is 10.9. The van der Waals surface area contributed by atoms with Crippen molar-refractivity contribution in [2.24, 2.45) is 0 Å². The van der Waals surface area contributed by atoms with Gasteiger partial charge in [-0.1, -0.05) is 36.4 Å². The Morgan fingerprint density at radius 2 is 1.00 bits per heavy atom. The third-order valence-electron chi connectivity index (χ3n) is 1.68. The first kappa shape index (κ1) is 12.6. The molecule has 2 rings (SSSR count). The third-order valence-corrected chi connectivity index (χ3v) is 4.37. The Balaban J connectivity index is 0.000000531. The predicted molar refractivity (Wildman–Crippen MR) is 65.2 cm³/mol. The standard InChI is InChI=1S/C12H10I.CH4S/c1-3-7-11(8-4-1)13-12-9-5-2-6-10-12;1-2/h1-10H;2H,1H3/q+1;. The molecule has 0 spiro atoms. The topological polar surface area (TPSA) is 0 Å². The Bertz CT molecular complexity index is 321. The predicted octanol–water partition coefficient (Wildman–Crippen LogP) is 0.361. The van der Waals surface area contributed by atoms with E-state index >= 15 is 0 Å². The lowest BCUT2D eigenvalue weighted by Crippen LogP contribution is -3.61. The summed E-state index contributed by atoms with van der Waals surface area (Å²) in [5.74, 6) is 0. The van der Waals surface area contributed by atoms with Gasteiger partial charge in [-0.2, -0.15) is 12.6 Å². The summed E-state index contributed by atoms with van der Waals surface area (Å²) < 4.78 is 2.96. The van der Waals surface area contributed by atoms with Crippen LogP contribution in [0.25, 0.3) is 0 Å². The molecule has 0 aliphatic carbocycles.